The normalized spacial score (nSPS) is 12.0. The molecule has 2 N–H and O–H groups in total. The van der Waals surface area contributed by atoms with E-state index in [0.717, 1.165) is 0 Å². The van der Waals surface area contributed by atoms with Gasteiger partial charge in [0.15, 0.2) is 0 Å². The molecule has 0 aliphatic carbocycles. The number of carbonyl (C=O) groups is 3. The summed E-state index contributed by atoms with van der Waals surface area (Å²) in [5, 5.41) is 11.0. The average molecular weight is 245 g/mol. The highest BCUT2D eigenvalue weighted by atomic mass is 16.5. The van der Waals surface area contributed by atoms with E-state index in [0.29, 0.717) is 12.8 Å². The van der Waals surface area contributed by atoms with E-state index in [4.69, 9.17) is 5.11 Å². The SMILES string of the molecule is CCOC(=O)C(NC(=O)C(CC)CC)C(=O)O. The van der Waals surface area contributed by atoms with Gasteiger partial charge in [-0.3, -0.25) is 4.79 Å². The number of carbonyl (C=O) groups excluding carboxylic acids is 2. The second kappa shape index (κ2) is 7.65. The van der Waals surface area contributed by atoms with E-state index in [1.54, 1.807) is 6.92 Å². The maximum atomic E-state index is 11.6. The molecule has 0 rings (SSSR count). The van der Waals surface area contributed by atoms with E-state index >= 15 is 0 Å². The van der Waals surface area contributed by atoms with Gasteiger partial charge < -0.3 is 15.2 Å². The molecule has 98 valence electrons. The van der Waals surface area contributed by atoms with Crippen LogP contribution in [-0.2, 0) is 19.1 Å². The number of hydrogen-bond donors (Lipinski definition) is 2. The van der Waals surface area contributed by atoms with Gasteiger partial charge in [0, 0.05) is 5.92 Å². The van der Waals surface area contributed by atoms with Crippen LogP contribution in [0.3, 0.4) is 0 Å². The van der Waals surface area contributed by atoms with Crippen molar-refractivity contribution < 1.29 is 24.2 Å². The van der Waals surface area contributed by atoms with Crippen molar-refractivity contribution in [2.45, 2.75) is 39.7 Å². The Hall–Kier alpha value is -1.59. The lowest BCUT2D eigenvalue weighted by Gasteiger charge is -2.17. The number of ether oxygens (including phenoxy) is 1. The molecule has 0 aromatic rings. The van der Waals surface area contributed by atoms with Gasteiger partial charge in [-0.1, -0.05) is 13.8 Å². The van der Waals surface area contributed by atoms with Gasteiger partial charge in [-0.25, -0.2) is 9.59 Å². The fourth-order valence-electron chi connectivity index (χ4n) is 1.37. The molecule has 6 nitrogen and oxygen atoms in total. The zero-order chi connectivity index (χ0) is 13.4. The number of nitrogens with one attached hydrogen (secondary N) is 1. The first-order chi connectivity index (χ1) is 7.97. The summed E-state index contributed by atoms with van der Waals surface area (Å²) < 4.78 is 4.58. The number of amides is 1. The van der Waals surface area contributed by atoms with Crippen LogP contribution in [0, 0.1) is 5.92 Å². The molecule has 0 bridgehead atoms. The summed E-state index contributed by atoms with van der Waals surface area (Å²) in [6.45, 7) is 5.30. The monoisotopic (exact) mass is 245 g/mol. The second-order valence-electron chi connectivity index (χ2n) is 3.55. The van der Waals surface area contributed by atoms with Crippen molar-refractivity contribution in [3.05, 3.63) is 0 Å². The molecule has 1 atom stereocenters. The van der Waals surface area contributed by atoms with Crippen LogP contribution in [0.1, 0.15) is 33.6 Å². The number of rotatable bonds is 7. The van der Waals surface area contributed by atoms with E-state index in [2.05, 4.69) is 10.1 Å². The molecule has 0 aliphatic rings. The first kappa shape index (κ1) is 15.4. The Morgan fingerprint density at radius 2 is 1.71 bits per heavy atom. The van der Waals surface area contributed by atoms with Gasteiger partial charge in [-0.05, 0) is 19.8 Å². The molecule has 0 saturated carbocycles. The van der Waals surface area contributed by atoms with E-state index < -0.39 is 23.9 Å². The average Bonchev–Trinajstić information content (AvgIpc) is 2.27. The van der Waals surface area contributed by atoms with Crippen molar-refractivity contribution in [1.82, 2.24) is 5.32 Å². The summed E-state index contributed by atoms with van der Waals surface area (Å²) in [7, 11) is 0. The van der Waals surface area contributed by atoms with E-state index in [1.165, 1.54) is 0 Å². The predicted molar refractivity (Wildman–Crippen MR) is 60.3 cm³/mol. The Morgan fingerprint density at radius 3 is 2.06 bits per heavy atom. The zero-order valence-electron chi connectivity index (χ0n) is 10.4. The van der Waals surface area contributed by atoms with Gasteiger partial charge in [0.05, 0.1) is 6.61 Å². The Kier molecular flexibility index (Phi) is 6.93. The minimum Gasteiger partial charge on any atom is -0.479 e. The van der Waals surface area contributed by atoms with Crippen molar-refractivity contribution in [1.29, 1.82) is 0 Å². The van der Waals surface area contributed by atoms with Gasteiger partial charge in [0.25, 0.3) is 0 Å². The third-order valence-corrected chi connectivity index (χ3v) is 2.41. The molecular formula is C11H19NO5. The zero-order valence-corrected chi connectivity index (χ0v) is 10.4. The number of carboxylic acids is 1. The molecule has 0 saturated heterocycles. The number of carboxylic acid groups (broad SMARTS) is 1. The van der Waals surface area contributed by atoms with Crippen LogP contribution in [0.15, 0.2) is 0 Å². The quantitative estimate of drug-likeness (QED) is 0.505. The minimum atomic E-state index is -1.62. The Labute approximate surface area is 100 Å². The van der Waals surface area contributed by atoms with Gasteiger partial charge in [0.2, 0.25) is 11.9 Å². The Balaban J connectivity index is 4.60. The van der Waals surface area contributed by atoms with E-state index in [1.807, 2.05) is 13.8 Å². The standard InChI is InChI=1S/C11H19NO5/c1-4-7(5-2)9(13)12-8(10(14)15)11(16)17-6-3/h7-8H,4-6H2,1-3H3,(H,12,13)(H,14,15). The summed E-state index contributed by atoms with van der Waals surface area (Å²) >= 11 is 0. The van der Waals surface area contributed by atoms with E-state index in [9.17, 15) is 14.4 Å². The van der Waals surface area contributed by atoms with Crippen LogP contribution in [0.2, 0.25) is 0 Å². The van der Waals surface area contributed by atoms with Crippen LogP contribution in [-0.4, -0.2) is 35.6 Å². The first-order valence-electron chi connectivity index (χ1n) is 5.67. The number of esters is 1. The number of aliphatic carboxylic acids is 1. The molecule has 6 heteroatoms. The smallest absolute Gasteiger partial charge is 0.340 e. The lowest BCUT2D eigenvalue weighted by molar-refractivity contribution is -0.157. The number of hydrogen-bond acceptors (Lipinski definition) is 4. The molecular weight excluding hydrogens is 226 g/mol. The molecule has 0 aromatic carbocycles. The summed E-state index contributed by atoms with van der Waals surface area (Å²) in [5.41, 5.74) is 0. The van der Waals surface area contributed by atoms with Gasteiger partial charge >= 0.3 is 11.9 Å². The fourth-order valence-corrected chi connectivity index (χ4v) is 1.37. The second-order valence-corrected chi connectivity index (χ2v) is 3.55. The maximum Gasteiger partial charge on any atom is 0.340 e. The van der Waals surface area contributed by atoms with Crippen molar-refractivity contribution in [2.75, 3.05) is 6.61 Å². The molecule has 1 amide bonds. The summed E-state index contributed by atoms with van der Waals surface area (Å²) in [6.07, 6.45) is 1.19. The third-order valence-electron chi connectivity index (χ3n) is 2.41. The molecule has 0 spiro atoms. The molecule has 0 aliphatic heterocycles. The van der Waals surface area contributed by atoms with Crippen LogP contribution in [0.5, 0.6) is 0 Å². The highest BCUT2D eigenvalue weighted by molar-refractivity contribution is 6.01. The largest absolute Gasteiger partial charge is 0.479 e. The topological polar surface area (TPSA) is 92.7 Å². The summed E-state index contributed by atoms with van der Waals surface area (Å²) in [6, 6.07) is -1.62. The van der Waals surface area contributed by atoms with Crippen molar-refractivity contribution in [3.8, 4) is 0 Å². The van der Waals surface area contributed by atoms with Crippen molar-refractivity contribution in [2.24, 2.45) is 5.92 Å². The first-order valence-corrected chi connectivity index (χ1v) is 5.67. The molecule has 0 heterocycles. The lowest BCUT2D eigenvalue weighted by Crippen LogP contribution is -2.49. The maximum absolute atomic E-state index is 11.6. The van der Waals surface area contributed by atoms with Crippen molar-refractivity contribution >= 4 is 17.8 Å². The fraction of sp³-hybridized carbons (Fsp3) is 0.727. The summed E-state index contributed by atoms with van der Waals surface area (Å²) in [4.78, 5) is 33.8. The Morgan fingerprint density at radius 1 is 1.18 bits per heavy atom. The van der Waals surface area contributed by atoms with Crippen LogP contribution < -0.4 is 5.32 Å². The highest BCUT2D eigenvalue weighted by Gasteiger charge is 2.31. The minimum absolute atomic E-state index is 0.0729. The van der Waals surface area contributed by atoms with Gasteiger partial charge in [-0.2, -0.15) is 0 Å². The van der Waals surface area contributed by atoms with Crippen molar-refractivity contribution in [3.63, 3.8) is 0 Å². The third kappa shape index (κ3) is 4.84. The van der Waals surface area contributed by atoms with Gasteiger partial charge in [-0.15, -0.1) is 0 Å². The van der Waals surface area contributed by atoms with Crippen LogP contribution in [0.4, 0.5) is 0 Å². The molecule has 1 unspecified atom stereocenters. The van der Waals surface area contributed by atoms with Gasteiger partial charge in [0.1, 0.15) is 0 Å². The highest BCUT2D eigenvalue weighted by Crippen LogP contribution is 2.07. The predicted octanol–water partition coefficient (Wildman–Crippen LogP) is 0.555. The molecule has 0 radical (unpaired) electrons. The lowest BCUT2D eigenvalue weighted by atomic mass is 10.0. The molecule has 0 fully saturated rings. The molecule has 17 heavy (non-hydrogen) atoms. The summed E-state index contributed by atoms with van der Waals surface area (Å²) in [5.74, 6) is -3.08. The van der Waals surface area contributed by atoms with Crippen LogP contribution >= 0.6 is 0 Å². The van der Waals surface area contributed by atoms with E-state index in [-0.39, 0.29) is 12.5 Å². The molecule has 0 aromatic heterocycles. The van der Waals surface area contributed by atoms with Crippen LogP contribution in [0.25, 0.3) is 0 Å². The Bertz CT molecular complexity index is 286.